The predicted molar refractivity (Wildman–Crippen MR) is 61.8 cm³/mol. The number of hydrogen-bond acceptors (Lipinski definition) is 1. The van der Waals surface area contributed by atoms with Gasteiger partial charge in [-0.2, -0.15) is 0 Å². The molecule has 88 valence electrons. The topological polar surface area (TPSA) is 37.3 Å². The molecule has 2 nitrogen and oxygen atoms in total. The van der Waals surface area contributed by atoms with Gasteiger partial charge in [0.2, 0.25) is 0 Å². The summed E-state index contributed by atoms with van der Waals surface area (Å²) in [5.74, 6) is 0.548. The van der Waals surface area contributed by atoms with Crippen molar-refractivity contribution in [3.8, 4) is 0 Å². The summed E-state index contributed by atoms with van der Waals surface area (Å²) >= 11 is 0. The average molecular weight is 212 g/mol. The summed E-state index contributed by atoms with van der Waals surface area (Å²) in [7, 11) is 0. The maximum atomic E-state index is 11.1. The first-order valence-electron chi connectivity index (χ1n) is 6.38. The molecule has 1 aliphatic carbocycles. The lowest BCUT2D eigenvalue weighted by Gasteiger charge is -2.32. The van der Waals surface area contributed by atoms with Crippen LogP contribution in [0.1, 0.15) is 58.8 Å². The van der Waals surface area contributed by atoms with Crippen molar-refractivity contribution in [1.82, 2.24) is 0 Å². The molecule has 1 saturated carbocycles. The van der Waals surface area contributed by atoms with E-state index >= 15 is 0 Å². The van der Waals surface area contributed by atoms with Gasteiger partial charge in [-0.05, 0) is 37.5 Å². The highest BCUT2D eigenvalue weighted by molar-refractivity contribution is 5.70. The first-order valence-corrected chi connectivity index (χ1v) is 6.38. The van der Waals surface area contributed by atoms with Crippen molar-refractivity contribution in [2.24, 2.45) is 17.8 Å². The third-order valence-electron chi connectivity index (χ3n) is 3.74. The average Bonchev–Trinajstić information content (AvgIpc) is 2.18. The summed E-state index contributed by atoms with van der Waals surface area (Å²) in [6.45, 7) is 4.45. The van der Waals surface area contributed by atoms with Gasteiger partial charge in [-0.3, -0.25) is 4.79 Å². The number of carboxylic acids is 1. The van der Waals surface area contributed by atoms with E-state index in [-0.39, 0.29) is 5.92 Å². The van der Waals surface area contributed by atoms with Gasteiger partial charge in [0.05, 0.1) is 5.92 Å². The van der Waals surface area contributed by atoms with Crippen LogP contribution in [0.3, 0.4) is 0 Å². The van der Waals surface area contributed by atoms with Crippen molar-refractivity contribution in [3.63, 3.8) is 0 Å². The SMILES string of the molecule is CCCCCC1CC(C)CCC1C(=O)O. The minimum absolute atomic E-state index is 0.0574. The van der Waals surface area contributed by atoms with Crippen molar-refractivity contribution in [2.45, 2.75) is 58.8 Å². The summed E-state index contributed by atoms with van der Waals surface area (Å²) < 4.78 is 0. The maximum Gasteiger partial charge on any atom is 0.306 e. The molecule has 2 heteroatoms. The molecule has 1 fully saturated rings. The van der Waals surface area contributed by atoms with Crippen LogP contribution in [0.15, 0.2) is 0 Å². The largest absolute Gasteiger partial charge is 0.481 e. The minimum Gasteiger partial charge on any atom is -0.481 e. The van der Waals surface area contributed by atoms with Crippen LogP contribution >= 0.6 is 0 Å². The molecule has 0 bridgehead atoms. The van der Waals surface area contributed by atoms with Crippen molar-refractivity contribution in [3.05, 3.63) is 0 Å². The highest BCUT2D eigenvalue weighted by Crippen LogP contribution is 2.36. The highest BCUT2D eigenvalue weighted by atomic mass is 16.4. The molecule has 15 heavy (non-hydrogen) atoms. The quantitative estimate of drug-likeness (QED) is 0.705. The molecule has 1 aliphatic rings. The number of carbonyl (C=O) groups is 1. The second kappa shape index (κ2) is 6.14. The Labute approximate surface area is 93.1 Å². The Morgan fingerprint density at radius 2 is 2.07 bits per heavy atom. The second-order valence-corrected chi connectivity index (χ2v) is 5.12. The van der Waals surface area contributed by atoms with Gasteiger partial charge in [-0.25, -0.2) is 0 Å². The molecule has 0 aromatic rings. The smallest absolute Gasteiger partial charge is 0.306 e. The summed E-state index contributed by atoms with van der Waals surface area (Å²) in [5.41, 5.74) is 0. The Balaban J connectivity index is 2.43. The zero-order valence-corrected chi connectivity index (χ0v) is 10.0. The maximum absolute atomic E-state index is 11.1. The van der Waals surface area contributed by atoms with Crippen molar-refractivity contribution in [2.75, 3.05) is 0 Å². The van der Waals surface area contributed by atoms with Gasteiger partial charge in [0.25, 0.3) is 0 Å². The zero-order chi connectivity index (χ0) is 11.3. The Kier molecular flexibility index (Phi) is 5.13. The molecule has 0 aromatic heterocycles. The van der Waals surface area contributed by atoms with E-state index in [0.717, 1.165) is 31.6 Å². The van der Waals surface area contributed by atoms with Crippen LogP contribution in [0, 0.1) is 17.8 Å². The molecule has 1 rings (SSSR count). The van der Waals surface area contributed by atoms with E-state index in [1.54, 1.807) is 0 Å². The van der Waals surface area contributed by atoms with Gasteiger partial charge in [0, 0.05) is 0 Å². The van der Waals surface area contributed by atoms with Gasteiger partial charge in [-0.15, -0.1) is 0 Å². The van der Waals surface area contributed by atoms with E-state index in [2.05, 4.69) is 13.8 Å². The molecule has 1 N–H and O–H groups in total. The van der Waals surface area contributed by atoms with Crippen molar-refractivity contribution < 1.29 is 9.90 Å². The standard InChI is InChI=1S/C13H24O2/c1-3-4-5-6-11-9-10(2)7-8-12(11)13(14)15/h10-12H,3-9H2,1-2H3,(H,14,15). The molecular weight excluding hydrogens is 188 g/mol. The fraction of sp³-hybridized carbons (Fsp3) is 0.923. The first kappa shape index (κ1) is 12.5. The van der Waals surface area contributed by atoms with E-state index in [1.165, 1.54) is 19.3 Å². The van der Waals surface area contributed by atoms with E-state index in [9.17, 15) is 4.79 Å². The van der Waals surface area contributed by atoms with Crippen LogP contribution in [-0.2, 0) is 4.79 Å². The molecule has 0 amide bonds. The monoisotopic (exact) mass is 212 g/mol. The number of rotatable bonds is 5. The normalized spacial score (nSPS) is 31.5. The molecule has 0 radical (unpaired) electrons. The first-order chi connectivity index (χ1) is 7.15. The van der Waals surface area contributed by atoms with E-state index in [4.69, 9.17) is 5.11 Å². The summed E-state index contributed by atoms with van der Waals surface area (Å²) in [6.07, 6.45) is 7.92. The molecule has 0 aromatic carbocycles. The lowest BCUT2D eigenvalue weighted by atomic mass is 9.72. The van der Waals surface area contributed by atoms with Crippen LogP contribution in [0.4, 0.5) is 0 Å². The zero-order valence-electron chi connectivity index (χ0n) is 10.0. The van der Waals surface area contributed by atoms with Crippen molar-refractivity contribution >= 4 is 5.97 Å². The molecule has 0 heterocycles. The second-order valence-electron chi connectivity index (χ2n) is 5.12. The van der Waals surface area contributed by atoms with Gasteiger partial charge in [-0.1, -0.05) is 33.1 Å². The lowest BCUT2D eigenvalue weighted by molar-refractivity contribution is -0.145. The number of unbranched alkanes of at least 4 members (excludes halogenated alkanes) is 2. The molecule has 3 atom stereocenters. The molecule has 0 spiro atoms. The lowest BCUT2D eigenvalue weighted by Crippen LogP contribution is -2.29. The number of aliphatic carboxylic acids is 1. The number of carboxylic acid groups (broad SMARTS) is 1. The third-order valence-corrected chi connectivity index (χ3v) is 3.74. The van der Waals surface area contributed by atoms with Gasteiger partial charge in [0.15, 0.2) is 0 Å². The van der Waals surface area contributed by atoms with E-state index < -0.39 is 5.97 Å². The Hall–Kier alpha value is -0.530. The number of hydrogen-bond donors (Lipinski definition) is 1. The van der Waals surface area contributed by atoms with Crippen LogP contribution in [0.5, 0.6) is 0 Å². The fourth-order valence-corrected chi connectivity index (χ4v) is 2.80. The van der Waals surface area contributed by atoms with E-state index in [1.807, 2.05) is 0 Å². The van der Waals surface area contributed by atoms with Gasteiger partial charge in [0.1, 0.15) is 0 Å². The van der Waals surface area contributed by atoms with Gasteiger partial charge >= 0.3 is 5.97 Å². The van der Waals surface area contributed by atoms with Crippen molar-refractivity contribution in [1.29, 1.82) is 0 Å². The van der Waals surface area contributed by atoms with Crippen LogP contribution in [-0.4, -0.2) is 11.1 Å². The van der Waals surface area contributed by atoms with E-state index in [0.29, 0.717) is 5.92 Å². The molecule has 3 unspecified atom stereocenters. The molecule has 0 aliphatic heterocycles. The van der Waals surface area contributed by atoms with Gasteiger partial charge < -0.3 is 5.11 Å². The Morgan fingerprint density at radius 1 is 1.33 bits per heavy atom. The minimum atomic E-state index is -0.566. The van der Waals surface area contributed by atoms with Crippen LogP contribution < -0.4 is 0 Å². The molecule has 0 saturated heterocycles. The highest BCUT2D eigenvalue weighted by Gasteiger charge is 2.32. The summed E-state index contributed by atoms with van der Waals surface area (Å²) in [5, 5.41) is 9.15. The Morgan fingerprint density at radius 3 is 2.67 bits per heavy atom. The van der Waals surface area contributed by atoms with Crippen LogP contribution in [0.2, 0.25) is 0 Å². The molecular formula is C13H24O2. The fourth-order valence-electron chi connectivity index (χ4n) is 2.80. The summed E-state index contributed by atoms with van der Waals surface area (Å²) in [6, 6.07) is 0. The summed E-state index contributed by atoms with van der Waals surface area (Å²) in [4.78, 5) is 11.1. The van der Waals surface area contributed by atoms with Crippen LogP contribution in [0.25, 0.3) is 0 Å². The predicted octanol–water partition coefficient (Wildman–Crippen LogP) is 3.70. The third kappa shape index (κ3) is 3.84. The Bertz CT molecular complexity index is 201.